The second kappa shape index (κ2) is 6.32. The Morgan fingerprint density at radius 1 is 1.15 bits per heavy atom. The first-order valence-corrected chi connectivity index (χ1v) is 7.98. The Hall–Kier alpha value is -3.68. The van der Waals surface area contributed by atoms with Crippen LogP contribution < -0.4 is 15.8 Å². The fourth-order valence-electron chi connectivity index (χ4n) is 2.74. The number of hydrogen-bond donors (Lipinski definition) is 2. The molecule has 3 aromatic heterocycles. The fourth-order valence-corrected chi connectivity index (χ4v) is 2.74. The average Bonchev–Trinajstić information content (AvgIpc) is 2.97. The second-order valence-electron chi connectivity index (χ2n) is 5.77. The van der Waals surface area contributed by atoms with Gasteiger partial charge in [0.2, 0.25) is 0 Å². The number of rotatable bonds is 4. The van der Waals surface area contributed by atoms with E-state index in [-0.39, 0.29) is 0 Å². The van der Waals surface area contributed by atoms with Crippen LogP contribution in [0.3, 0.4) is 0 Å². The molecule has 0 atom stereocenters. The van der Waals surface area contributed by atoms with Gasteiger partial charge in [-0.15, -0.1) is 5.10 Å². The molecule has 3 heterocycles. The van der Waals surface area contributed by atoms with E-state index in [2.05, 4.69) is 25.4 Å². The molecule has 0 saturated carbocycles. The summed E-state index contributed by atoms with van der Waals surface area (Å²) in [5.74, 6) is 1.70. The maximum absolute atomic E-state index is 6.11. The zero-order valence-electron chi connectivity index (χ0n) is 14.3. The first kappa shape index (κ1) is 15.8. The highest BCUT2D eigenvalue weighted by molar-refractivity contribution is 5.85. The molecule has 0 aliphatic heterocycles. The van der Waals surface area contributed by atoms with Crippen LogP contribution in [0.15, 0.2) is 49.1 Å². The Morgan fingerprint density at radius 3 is 2.85 bits per heavy atom. The molecular formula is C18H17N7O. The van der Waals surface area contributed by atoms with E-state index in [1.165, 1.54) is 6.33 Å². The third-order valence-corrected chi connectivity index (χ3v) is 3.92. The van der Waals surface area contributed by atoms with Gasteiger partial charge in [-0.2, -0.15) is 0 Å². The number of fused-ring (bicyclic) bond motifs is 1. The molecule has 4 aromatic rings. The van der Waals surface area contributed by atoms with Crippen molar-refractivity contribution in [2.45, 2.75) is 6.92 Å². The molecule has 4 rings (SSSR count). The molecule has 8 nitrogen and oxygen atoms in total. The van der Waals surface area contributed by atoms with Crippen LogP contribution in [0.2, 0.25) is 0 Å². The SMILES string of the molecule is COc1ccccc1Nc1cc(-c2c(N)nn3cc(C)cnc23)ncn1. The van der Waals surface area contributed by atoms with Crippen molar-refractivity contribution in [2.75, 3.05) is 18.2 Å². The Bertz CT molecular complexity index is 1090. The minimum atomic E-state index is 0.366. The van der Waals surface area contributed by atoms with Gasteiger partial charge in [0.1, 0.15) is 17.9 Å². The van der Waals surface area contributed by atoms with Gasteiger partial charge in [-0.1, -0.05) is 12.1 Å². The number of methoxy groups -OCH3 is 1. The Morgan fingerprint density at radius 2 is 2.00 bits per heavy atom. The highest BCUT2D eigenvalue weighted by atomic mass is 16.5. The maximum atomic E-state index is 6.11. The van der Waals surface area contributed by atoms with E-state index in [0.717, 1.165) is 17.0 Å². The van der Waals surface area contributed by atoms with Crippen LogP contribution in [0.25, 0.3) is 16.9 Å². The van der Waals surface area contributed by atoms with Crippen molar-refractivity contribution in [3.05, 3.63) is 54.6 Å². The molecule has 130 valence electrons. The molecule has 0 saturated heterocycles. The van der Waals surface area contributed by atoms with E-state index in [0.29, 0.717) is 28.5 Å². The Labute approximate surface area is 149 Å². The molecule has 0 aliphatic rings. The number of hydrogen-bond acceptors (Lipinski definition) is 7. The monoisotopic (exact) mass is 347 g/mol. The summed E-state index contributed by atoms with van der Waals surface area (Å²) < 4.78 is 7.02. The van der Waals surface area contributed by atoms with Crippen LogP contribution in [-0.2, 0) is 0 Å². The van der Waals surface area contributed by atoms with Crippen molar-refractivity contribution >= 4 is 23.0 Å². The summed E-state index contributed by atoms with van der Waals surface area (Å²) in [6, 6.07) is 9.42. The summed E-state index contributed by atoms with van der Waals surface area (Å²) in [6.45, 7) is 1.95. The zero-order valence-corrected chi connectivity index (χ0v) is 14.3. The summed E-state index contributed by atoms with van der Waals surface area (Å²) in [4.78, 5) is 13.1. The molecule has 1 aromatic carbocycles. The quantitative estimate of drug-likeness (QED) is 0.585. The van der Waals surface area contributed by atoms with Crippen molar-refractivity contribution in [3.63, 3.8) is 0 Å². The Balaban J connectivity index is 1.76. The Kier molecular flexibility index (Phi) is 3.85. The van der Waals surface area contributed by atoms with Gasteiger partial charge in [0.15, 0.2) is 11.5 Å². The minimum absolute atomic E-state index is 0.366. The number of ether oxygens (including phenoxy) is 1. The summed E-state index contributed by atoms with van der Waals surface area (Å²) >= 11 is 0. The summed E-state index contributed by atoms with van der Waals surface area (Å²) in [7, 11) is 1.62. The molecule has 26 heavy (non-hydrogen) atoms. The van der Waals surface area contributed by atoms with E-state index in [4.69, 9.17) is 10.5 Å². The van der Waals surface area contributed by atoms with E-state index in [1.807, 2.05) is 37.4 Å². The molecule has 3 N–H and O–H groups in total. The van der Waals surface area contributed by atoms with E-state index < -0.39 is 0 Å². The first-order valence-electron chi connectivity index (χ1n) is 7.98. The number of nitrogens with zero attached hydrogens (tertiary/aromatic N) is 5. The number of nitrogens with one attached hydrogen (secondary N) is 1. The predicted octanol–water partition coefficient (Wildman–Crippen LogP) is 2.83. The van der Waals surface area contributed by atoms with Crippen LogP contribution in [0, 0.1) is 6.92 Å². The van der Waals surface area contributed by atoms with Gasteiger partial charge in [-0.25, -0.2) is 19.5 Å². The zero-order chi connectivity index (χ0) is 18.1. The maximum Gasteiger partial charge on any atom is 0.166 e. The molecular weight excluding hydrogens is 330 g/mol. The van der Waals surface area contributed by atoms with Crippen LogP contribution in [0.4, 0.5) is 17.3 Å². The van der Waals surface area contributed by atoms with Gasteiger partial charge in [0.25, 0.3) is 0 Å². The number of aromatic nitrogens is 5. The van der Waals surface area contributed by atoms with Crippen molar-refractivity contribution in [1.29, 1.82) is 0 Å². The topological polar surface area (TPSA) is 103 Å². The van der Waals surface area contributed by atoms with Gasteiger partial charge in [0, 0.05) is 18.5 Å². The summed E-state index contributed by atoms with van der Waals surface area (Å²) in [6.07, 6.45) is 5.12. The average molecular weight is 347 g/mol. The van der Waals surface area contributed by atoms with Crippen molar-refractivity contribution < 1.29 is 4.74 Å². The lowest BCUT2D eigenvalue weighted by Gasteiger charge is -2.10. The van der Waals surface area contributed by atoms with Crippen molar-refractivity contribution in [3.8, 4) is 17.0 Å². The largest absolute Gasteiger partial charge is 0.495 e. The van der Waals surface area contributed by atoms with E-state index in [1.54, 1.807) is 23.9 Å². The number of para-hydroxylation sites is 2. The van der Waals surface area contributed by atoms with Gasteiger partial charge < -0.3 is 15.8 Å². The number of benzene rings is 1. The molecule has 0 aliphatic carbocycles. The normalized spacial score (nSPS) is 10.8. The smallest absolute Gasteiger partial charge is 0.166 e. The van der Waals surface area contributed by atoms with E-state index >= 15 is 0 Å². The molecule has 0 bridgehead atoms. The standard InChI is InChI=1S/C18H17N7O/c1-11-8-20-18-16(17(19)24-25(18)9-11)13-7-15(22-10-21-13)23-12-5-3-4-6-14(12)26-2/h3-10H,1-2H3,(H2,19,24)(H,21,22,23). The summed E-state index contributed by atoms with van der Waals surface area (Å²) in [5, 5.41) is 7.56. The lowest BCUT2D eigenvalue weighted by Crippen LogP contribution is -1.98. The highest BCUT2D eigenvalue weighted by Crippen LogP contribution is 2.31. The molecule has 0 spiro atoms. The molecule has 0 fully saturated rings. The van der Waals surface area contributed by atoms with Gasteiger partial charge in [-0.3, -0.25) is 0 Å². The third-order valence-electron chi connectivity index (χ3n) is 3.92. The van der Waals surface area contributed by atoms with Gasteiger partial charge in [-0.05, 0) is 24.6 Å². The first-order chi connectivity index (χ1) is 12.7. The van der Waals surface area contributed by atoms with Crippen LogP contribution in [0.5, 0.6) is 5.75 Å². The minimum Gasteiger partial charge on any atom is -0.495 e. The fraction of sp³-hybridized carbons (Fsp3) is 0.111. The lowest BCUT2D eigenvalue weighted by atomic mass is 10.2. The van der Waals surface area contributed by atoms with Crippen LogP contribution >= 0.6 is 0 Å². The van der Waals surface area contributed by atoms with Crippen LogP contribution in [-0.4, -0.2) is 31.7 Å². The van der Waals surface area contributed by atoms with Crippen molar-refractivity contribution in [2.24, 2.45) is 0 Å². The van der Waals surface area contributed by atoms with Gasteiger partial charge >= 0.3 is 0 Å². The van der Waals surface area contributed by atoms with Crippen LogP contribution in [0.1, 0.15) is 5.56 Å². The predicted molar refractivity (Wildman–Crippen MR) is 99.4 cm³/mol. The summed E-state index contributed by atoms with van der Waals surface area (Å²) in [5.41, 5.74) is 9.88. The number of nitrogens with two attached hydrogens (primary N) is 1. The van der Waals surface area contributed by atoms with Gasteiger partial charge in [0.05, 0.1) is 24.1 Å². The van der Waals surface area contributed by atoms with Crippen molar-refractivity contribution in [1.82, 2.24) is 24.6 Å². The van der Waals surface area contributed by atoms with E-state index in [9.17, 15) is 0 Å². The molecule has 0 radical (unpaired) electrons. The highest BCUT2D eigenvalue weighted by Gasteiger charge is 2.16. The number of aryl methyl sites for hydroxylation is 1. The second-order valence-corrected chi connectivity index (χ2v) is 5.77. The molecule has 8 heteroatoms. The lowest BCUT2D eigenvalue weighted by molar-refractivity contribution is 0.417. The number of nitrogen functional groups attached to an aromatic ring is 1. The third kappa shape index (κ3) is 2.77. The molecule has 0 amide bonds. The number of anilines is 3. The molecule has 0 unspecified atom stereocenters.